The number of aliphatic imine (C=N–C) groups is 1. The molecule has 2 heteroatoms. The molecule has 1 aliphatic carbocycles. The zero-order valence-corrected chi connectivity index (χ0v) is 11.8. The third kappa shape index (κ3) is 2.90. The molecule has 3 rings (SSSR count). The summed E-state index contributed by atoms with van der Waals surface area (Å²) >= 11 is 0. The molecule has 0 aromatic carbocycles. The molecule has 2 aliphatic heterocycles. The Morgan fingerprint density at radius 1 is 1.20 bits per heavy atom. The molecule has 2 bridgehead atoms. The number of fused-ring (bicyclic) bond motifs is 1. The maximum atomic E-state index is 4.77. The number of nitrogens with zero attached hydrogens (tertiary/aromatic N) is 1. The summed E-state index contributed by atoms with van der Waals surface area (Å²) in [6, 6.07) is 0.348. The largest absolute Gasteiger partial charge is 0.381 e. The Hall–Kier alpha value is -2.09. The van der Waals surface area contributed by atoms with Crippen molar-refractivity contribution in [3.8, 4) is 0 Å². The molecule has 0 spiro atoms. The molecular formula is C18H20N2. The van der Waals surface area contributed by atoms with Crippen LogP contribution < -0.4 is 5.32 Å². The number of dihydropyridines is 1. The highest BCUT2D eigenvalue weighted by molar-refractivity contribution is 5.60. The van der Waals surface area contributed by atoms with Crippen LogP contribution in [-0.2, 0) is 0 Å². The Morgan fingerprint density at radius 2 is 2.15 bits per heavy atom. The normalized spacial score (nSPS) is 29.9. The summed E-state index contributed by atoms with van der Waals surface area (Å²) in [6.07, 6.45) is 23.6. The van der Waals surface area contributed by atoms with Crippen molar-refractivity contribution in [2.24, 2.45) is 4.99 Å². The lowest BCUT2D eigenvalue weighted by Crippen LogP contribution is -2.30. The monoisotopic (exact) mass is 264 g/mol. The first-order valence-corrected chi connectivity index (χ1v) is 7.22. The summed E-state index contributed by atoms with van der Waals surface area (Å²) < 4.78 is 0. The number of allylic oxidation sites excluding steroid dienone is 8. The van der Waals surface area contributed by atoms with Gasteiger partial charge in [-0.2, -0.15) is 0 Å². The van der Waals surface area contributed by atoms with Gasteiger partial charge in [-0.05, 0) is 49.3 Å². The SMILES string of the molecule is CC1=CC2=CC(N=CCC/C=C/2)C(C2C=CC=CN2)=C1. The van der Waals surface area contributed by atoms with E-state index in [2.05, 4.69) is 61.0 Å². The molecule has 0 aromatic rings. The first-order chi connectivity index (χ1) is 9.83. The molecule has 3 aliphatic rings. The second-order valence-corrected chi connectivity index (χ2v) is 5.34. The Morgan fingerprint density at radius 3 is 3.00 bits per heavy atom. The van der Waals surface area contributed by atoms with Gasteiger partial charge in [0.15, 0.2) is 0 Å². The Labute approximate surface area is 120 Å². The highest BCUT2D eigenvalue weighted by Gasteiger charge is 2.20. The summed E-state index contributed by atoms with van der Waals surface area (Å²) in [5.74, 6) is 0. The fourth-order valence-corrected chi connectivity index (χ4v) is 2.72. The molecule has 0 saturated carbocycles. The van der Waals surface area contributed by atoms with Crippen molar-refractivity contribution in [1.29, 1.82) is 0 Å². The van der Waals surface area contributed by atoms with E-state index in [1.54, 1.807) is 0 Å². The van der Waals surface area contributed by atoms with Crippen LogP contribution in [0.3, 0.4) is 0 Å². The van der Waals surface area contributed by atoms with Crippen LogP contribution in [0.2, 0.25) is 0 Å². The predicted octanol–water partition coefficient (Wildman–Crippen LogP) is 3.63. The van der Waals surface area contributed by atoms with Crippen molar-refractivity contribution < 1.29 is 0 Å². The van der Waals surface area contributed by atoms with Crippen molar-refractivity contribution in [2.75, 3.05) is 0 Å². The second kappa shape index (κ2) is 5.91. The molecule has 2 nitrogen and oxygen atoms in total. The lowest BCUT2D eigenvalue weighted by molar-refractivity contribution is 0.729. The van der Waals surface area contributed by atoms with Crippen molar-refractivity contribution in [3.05, 3.63) is 71.5 Å². The zero-order chi connectivity index (χ0) is 13.8. The summed E-state index contributed by atoms with van der Waals surface area (Å²) in [5, 5.41) is 3.41. The van der Waals surface area contributed by atoms with Gasteiger partial charge in [0.1, 0.15) is 0 Å². The average molecular weight is 264 g/mol. The van der Waals surface area contributed by atoms with Gasteiger partial charge in [-0.1, -0.05) is 42.0 Å². The fraction of sp³-hybridized carbons (Fsp3) is 0.278. The van der Waals surface area contributed by atoms with E-state index in [0.717, 1.165) is 12.8 Å². The smallest absolute Gasteiger partial charge is 0.0921 e. The molecule has 0 fully saturated rings. The van der Waals surface area contributed by atoms with Crippen LogP contribution >= 0.6 is 0 Å². The lowest BCUT2D eigenvalue weighted by atomic mass is 9.96. The number of rotatable bonds is 1. The Bertz CT molecular complexity index is 583. The minimum atomic E-state index is 0.120. The fourth-order valence-electron chi connectivity index (χ4n) is 2.72. The number of nitrogens with one attached hydrogen (secondary N) is 1. The van der Waals surface area contributed by atoms with Crippen LogP contribution in [0.5, 0.6) is 0 Å². The van der Waals surface area contributed by atoms with Crippen molar-refractivity contribution in [3.63, 3.8) is 0 Å². The van der Waals surface area contributed by atoms with Gasteiger partial charge in [0.25, 0.3) is 0 Å². The molecular weight excluding hydrogens is 244 g/mol. The van der Waals surface area contributed by atoms with Gasteiger partial charge < -0.3 is 5.32 Å². The average Bonchev–Trinajstić information content (AvgIpc) is 2.54. The topological polar surface area (TPSA) is 24.4 Å². The molecule has 102 valence electrons. The number of hydrogen-bond acceptors (Lipinski definition) is 2. The molecule has 0 radical (unpaired) electrons. The van der Waals surface area contributed by atoms with E-state index < -0.39 is 0 Å². The van der Waals surface area contributed by atoms with Crippen LogP contribution in [-0.4, -0.2) is 18.3 Å². The van der Waals surface area contributed by atoms with Crippen molar-refractivity contribution >= 4 is 6.21 Å². The molecule has 2 atom stereocenters. The maximum absolute atomic E-state index is 4.77. The molecule has 0 aromatic heterocycles. The summed E-state index contributed by atoms with van der Waals surface area (Å²) in [4.78, 5) is 4.77. The first kappa shape index (κ1) is 12.9. The summed E-state index contributed by atoms with van der Waals surface area (Å²) in [6.45, 7) is 2.15. The zero-order valence-electron chi connectivity index (χ0n) is 11.8. The molecule has 2 unspecified atom stereocenters. The number of hydrogen-bond donors (Lipinski definition) is 1. The van der Waals surface area contributed by atoms with Crippen molar-refractivity contribution in [2.45, 2.75) is 31.8 Å². The highest BCUT2D eigenvalue weighted by atomic mass is 14.9. The predicted molar refractivity (Wildman–Crippen MR) is 85.8 cm³/mol. The maximum Gasteiger partial charge on any atom is 0.0921 e. The first-order valence-electron chi connectivity index (χ1n) is 7.22. The lowest BCUT2D eigenvalue weighted by Gasteiger charge is -2.23. The van der Waals surface area contributed by atoms with Gasteiger partial charge >= 0.3 is 0 Å². The van der Waals surface area contributed by atoms with E-state index in [4.69, 9.17) is 4.99 Å². The van der Waals surface area contributed by atoms with Crippen LogP contribution in [0, 0.1) is 0 Å². The summed E-state index contributed by atoms with van der Waals surface area (Å²) in [5.41, 5.74) is 3.84. The van der Waals surface area contributed by atoms with Gasteiger partial charge in [-0.3, -0.25) is 4.99 Å². The molecule has 0 amide bonds. The molecule has 20 heavy (non-hydrogen) atoms. The summed E-state index contributed by atoms with van der Waals surface area (Å²) in [7, 11) is 0. The quantitative estimate of drug-likeness (QED) is 0.768. The minimum absolute atomic E-state index is 0.120. The Balaban J connectivity index is 2.00. The van der Waals surface area contributed by atoms with E-state index >= 15 is 0 Å². The third-order valence-electron chi connectivity index (χ3n) is 3.67. The van der Waals surface area contributed by atoms with E-state index in [1.807, 2.05) is 12.3 Å². The minimum Gasteiger partial charge on any atom is -0.381 e. The highest BCUT2D eigenvalue weighted by Crippen LogP contribution is 2.25. The van der Waals surface area contributed by atoms with E-state index in [-0.39, 0.29) is 12.1 Å². The van der Waals surface area contributed by atoms with Crippen LogP contribution in [0.25, 0.3) is 0 Å². The van der Waals surface area contributed by atoms with Crippen LogP contribution in [0.4, 0.5) is 0 Å². The van der Waals surface area contributed by atoms with Crippen molar-refractivity contribution in [1.82, 2.24) is 5.32 Å². The van der Waals surface area contributed by atoms with Crippen LogP contribution in [0.15, 0.2) is 76.5 Å². The molecule has 0 saturated heterocycles. The molecule has 2 heterocycles. The second-order valence-electron chi connectivity index (χ2n) is 5.34. The molecule has 1 N–H and O–H groups in total. The van der Waals surface area contributed by atoms with Gasteiger partial charge in [-0.25, -0.2) is 0 Å². The van der Waals surface area contributed by atoms with Gasteiger partial charge in [0.05, 0.1) is 12.1 Å². The van der Waals surface area contributed by atoms with E-state index in [0.29, 0.717) is 0 Å². The standard InChI is InChI=1S/C18H20N2/c1-14-11-15-7-3-2-5-9-20-18(13-15)16(12-14)17-8-4-6-10-19-17/h3-4,6-13,17-19H,2,5H2,1H3/b7-3+,20-9?. The van der Waals surface area contributed by atoms with E-state index in [1.165, 1.54) is 16.7 Å². The van der Waals surface area contributed by atoms with Crippen LogP contribution in [0.1, 0.15) is 19.8 Å². The Kier molecular flexibility index (Phi) is 3.82. The van der Waals surface area contributed by atoms with E-state index in [9.17, 15) is 0 Å². The van der Waals surface area contributed by atoms with Gasteiger partial charge in [0, 0.05) is 6.21 Å². The third-order valence-corrected chi connectivity index (χ3v) is 3.67. The van der Waals surface area contributed by atoms with Gasteiger partial charge in [0.2, 0.25) is 0 Å². The van der Waals surface area contributed by atoms with Gasteiger partial charge in [-0.15, -0.1) is 0 Å².